The summed E-state index contributed by atoms with van der Waals surface area (Å²) in [5.41, 5.74) is 6.41. The number of aromatic hydroxyl groups is 1. The van der Waals surface area contributed by atoms with E-state index in [1.807, 2.05) is 0 Å². The Hall–Kier alpha value is -2.01. The van der Waals surface area contributed by atoms with E-state index in [0.717, 1.165) is 0 Å². The molecule has 2 saturated heterocycles. The molecule has 2 fully saturated rings. The highest BCUT2D eigenvalue weighted by atomic mass is 35.5. The molecule has 0 aromatic heterocycles. The summed E-state index contributed by atoms with van der Waals surface area (Å²) < 4.78 is -0.648. The number of carbonyl (C=O) groups is 3. The lowest BCUT2D eigenvalue weighted by molar-refractivity contribution is -0.161. The summed E-state index contributed by atoms with van der Waals surface area (Å²) >= 11 is 1.35. The van der Waals surface area contributed by atoms with Gasteiger partial charge in [0.15, 0.2) is 0 Å². The highest BCUT2D eigenvalue weighted by Crippen LogP contribution is 2.50. The lowest BCUT2D eigenvalue weighted by Crippen LogP contribution is -2.71. The largest absolute Gasteiger partial charge is 0.508 e. The number of carboxylic acids is 1. The van der Waals surface area contributed by atoms with Gasteiger partial charge in [-0.25, -0.2) is 4.79 Å². The molecule has 4 atom stereocenters. The lowest BCUT2D eigenvalue weighted by Gasteiger charge is -2.43. The number of phenolic OH excluding ortho intramolecular Hbond substituents is 1. The summed E-state index contributed by atoms with van der Waals surface area (Å²) in [6.45, 7) is 3.53. The smallest absolute Gasteiger partial charge is 0.327 e. The van der Waals surface area contributed by atoms with Crippen molar-refractivity contribution < 1.29 is 30.1 Å². The Labute approximate surface area is 166 Å². The van der Waals surface area contributed by atoms with Gasteiger partial charge in [-0.15, -0.1) is 24.2 Å². The second-order valence-corrected chi connectivity index (χ2v) is 8.42. The van der Waals surface area contributed by atoms with E-state index >= 15 is 0 Å². The van der Waals surface area contributed by atoms with Gasteiger partial charge in [-0.3, -0.25) is 9.59 Å². The van der Waals surface area contributed by atoms with Crippen molar-refractivity contribution in [3.05, 3.63) is 29.8 Å². The van der Waals surface area contributed by atoms with Gasteiger partial charge in [0.1, 0.15) is 29.2 Å². The summed E-state index contributed by atoms with van der Waals surface area (Å²) in [5, 5.41) is 20.9. The number of carboxylic acid groups (broad SMARTS) is 1. The average Bonchev–Trinajstić information content (AvgIpc) is 2.80. The highest BCUT2D eigenvalue weighted by molar-refractivity contribution is 8.01. The third-order valence-electron chi connectivity index (χ3n) is 4.51. The topological polar surface area (TPSA) is 164 Å². The van der Waals surface area contributed by atoms with E-state index in [1.54, 1.807) is 13.8 Å². The third kappa shape index (κ3) is 3.84. The van der Waals surface area contributed by atoms with Crippen molar-refractivity contribution in [2.75, 3.05) is 0 Å². The number of phenols is 1. The molecule has 7 N–H and O–H groups in total. The van der Waals surface area contributed by atoms with E-state index in [-0.39, 0.29) is 23.6 Å². The van der Waals surface area contributed by atoms with Crippen LogP contribution in [0.3, 0.4) is 0 Å². The van der Waals surface area contributed by atoms with E-state index in [0.29, 0.717) is 5.56 Å². The van der Waals surface area contributed by atoms with Crippen molar-refractivity contribution in [1.82, 2.24) is 10.2 Å². The number of carbonyl (C=O) groups excluding carboxylic acids is 2. The number of benzene rings is 1. The Morgan fingerprint density at radius 2 is 1.85 bits per heavy atom. The monoisotopic (exact) mass is 419 g/mol. The third-order valence-corrected chi connectivity index (χ3v) is 6.08. The predicted octanol–water partition coefficient (Wildman–Crippen LogP) is -0.379. The molecule has 0 radical (unpaired) electrons. The van der Waals surface area contributed by atoms with Crippen LogP contribution >= 0.6 is 24.2 Å². The standard InChI is InChI=1S/C16H19N3O5S.ClH.H2O/c1-16(2)11(15(23)24)19-13(22)10(14(19)25-16)18-12(21)9(17)7-3-5-8(20)6-4-7;;/h3-6,9-11,14,20H,17H2,1-2H3,(H,18,21)(H,23,24);1H;1H2/t9-,10+,11-,14+;;/m0../s1. The molecule has 2 aliphatic rings. The number of nitrogens with one attached hydrogen (secondary N) is 1. The van der Waals surface area contributed by atoms with Gasteiger partial charge in [0.2, 0.25) is 11.8 Å². The number of β-lactam (4-membered cyclic amide) rings is 1. The summed E-state index contributed by atoms with van der Waals surface area (Å²) in [5.74, 6) is -1.94. The average molecular weight is 420 g/mol. The number of hydrogen-bond acceptors (Lipinski definition) is 6. The summed E-state index contributed by atoms with van der Waals surface area (Å²) in [7, 11) is 0. The Kier molecular flexibility index (Phi) is 6.76. The van der Waals surface area contributed by atoms with Crippen LogP contribution < -0.4 is 11.1 Å². The first kappa shape index (κ1) is 23.0. The highest BCUT2D eigenvalue weighted by Gasteiger charge is 2.64. The first-order valence-corrected chi connectivity index (χ1v) is 8.59. The quantitative estimate of drug-likeness (QED) is 0.483. The van der Waals surface area contributed by atoms with Gasteiger partial charge in [0, 0.05) is 4.75 Å². The van der Waals surface area contributed by atoms with Crippen molar-refractivity contribution in [3.8, 4) is 5.75 Å². The number of halogens is 1. The van der Waals surface area contributed by atoms with Crippen LogP contribution in [0.4, 0.5) is 0 Å². The number of amides is 2. The van der Waals surface area contributed by atoms with E-state index < -0.39 is 46.0 Å². The van der Waals surface area contributed by atoms with Crippen LogP contribution in [0, 0.1) is 0 Å². The van der Waals surface area contributed by atoms with Gasteiger partial charge in [-0.2, -0.15) is 0 Å². The number of fused-ring (bicyclic) bond motifs is 1. The molecule has 9 nitrogen and oxygen atoms in total. The number of thioether (sulfide) groups is 1. The van der Waals surface area contributed by atoms with Crippen LogP contribution in [-0.4, -0.2) is 60.6 Å². The maximum atomic E-state index is 12.3. The van der Waals surface area contributed by atoms with Crippen LogP contribution in [0.1, 0.15) is 25.5 Å². The maximum absolute atomic E-state index is 12.3. The van der Waals surface area contributed by atoms with Crippen LogP contribution in [0.15, 0.2) is 24.3 Å². The van der Waals surface area contributed by atoms with Crippen molar-refractivity contribution in [2.45, 2.75) is 42.1 Å². The SMILES string of the molecule is CC1(C)S[C@@H]2[C@H](NC(=O)[C@@H](N)c3ccc(O)cc3)C(=O)N2[C@H]1C(=O)O.Cl.O. The number of aliphatic carboxylic acids is 1. The minimum atomic E-state index is -1.06. The van der Waals surface area contributed by atoms with Crippen molar-refractivity contribution in [2.24, 2.45) is 5.73 Å². The fourth-order valence-corrected chi connectivity index (χ4v) is 4.85. The molecule has 1 aromatic rings. The zero-order valence-corrected chi connectivity index (χ0v) is 16.2. The molecule has 0 unspecified atom stereocenters. The first-order valence-electron chi connectivity index (χ1n) is 7.71. The Morgan fingerprint density at radius 3 is 2.37 bits per heavy atom. The van der Waals surface area contributed by atoms with Crippen LogP contribution in [0.5, 0.6) is 5.75 Å². The van der Waals surface area contributed by atoms with E-state index in [2.05, 4.69) is 5.32 Å². The minimum absolute atomic E-state index is 0. The van der Waals surface area contributed by atoms with Gasteiger partial charge in [-0.1, -0.05) is 12.1 Å². The zero-order chi connectivity index (χ0) is 18.5. The lowest BCUT2D eigenvalue weighted by atomic mass is 9.95. The summed E-state index contributed by atoms with van der Waals surface area (Å²) in [6, 6.07) is 3.21. The Bertz CT molecular complexity index is 744. The predicted molar refractivity (Wildman–Crippen MR) is 102 cm³/mol. The summed E-state index contributed by atoms with van der Waals surface area (Å²) in [4.78, 5) is 37.5. The van der Waals surface area contributed by atoms with Gasteiger partial charge >= 0.3 is 5.97 Å². The molecule has 0 bridgehead atoms. The normalized spacial score (nSPS) is 26.0. The number of nitrogens with two attached hydrogens (primary N) is 1. The number of hydrogen-bond donors (Lipinski definition) is 4. The van der Waals surface area contributed by atoms with Crippen molar-refractivity contribution in [1.29, 1.82) is 0 Å². The van der Waals surface area contributed by atoms with Crippen LogP contribution in [0.25, 0.3) is 0 Å². The summed E-state index contributed by atoms with van der Waals surface area (Å²) in [6.07, 6.45) is 0. The van der Waals surface area contributed by atoms with Gasteiger partial charge in [0.25, 0.3) is 0 Å². The van der Waals surface area contributed by atoms with Crippen LogP contribution in [0.2, 0.25) is 0 Å². The molecule has 1 aromatic carbocycles. The number of nitrogens with zero attached hydrogens (tertiary/aromatic N) is 1. The van der Waals surface area contributed by atoms with Gasteiger partial charge < -0.3 is 31.6 Å². The van der Waals surface area contributed by atoms with E-state index in [1.165, 1.54) is 40.9 Å². The fraction of sp³-hybridized carbons (Fsp3) is 0.438. The Balaban J connectivity index is 0.00000182. The molecular formula is C16H22ClN3O6S. The number of rotatable bonds is 4. The van der Waals surface area contributed by atoms with E-state index in [4.69, 9.17) is 5.73 Å². The molecule has 3 rings (SSSR count). The van der Waals surface area contributed by atoms with E-state index in [9.17, 15) is 24.6 Å². The molecule has 0 spiro atoms. The molecule has 2 heterocycles. The second-order valence-electron chi connectivity index (χ2n) is 6.65. The molecule has 11 heteroatoms. The minimum Gasteiger partial charge on any atom is -0.508 e. The zero-order valence-electron chi connectivity index (χ0n) is 14.6. The second kappa shape index (κ2) is 7.93. The maximum Gasteiger partial charge on any atom is 0.327 e. The molecule has 150 valence electrons. The van der Waals surface area contributed by atoms with Crippen molar-refractivity contribution in [3.63, 3.8) is 0 Å². The molecule has 2 amide bonds. The van der Waals surface area contributed by atoms with Gasteiger partial charge in [-0.05, 0) is 31.5 Å². The van der Waals surface area contributed by atoms with Gasteiger partial charge in [0.05, 0.1) is 0 Å². The molecule has 27 heavy (non-hydrogen) atoms. The Morgan fingerprint density at radius 1 is 1.30 bits per heavy atom. The first-order chi connectivity index (χ1) is 11.6. The van der Waals surface area contributed by atoms with Crippen LogP contribution in [-0.2, 0) is 14.4 Å². The molecular weight excluding hydrogens is 398 g/mol. The molecule has 0 aliphatic carbocycles. The molecule has 0 saturated carbocycles. The molecule has 2 aliphatic heterocycles. The fourth-order valence-electron chi connectivity index (χ4n) is 3.22. The van der Waals surface area contributed by atoms with Crippen molar-refractivity contribution >= 4 is 42.0 Å².